The maximum atomic E-state index is 11.1. The highest BCUT2D eigenvalue weighted by Gasteiger charge is 2.28. The molecule has 0 spiro atoms. The lowest BCUT2D eigenvalue weighted by molar-refractivity contribution is -0.137. The molecule has 1 atom stereocenters. The second kappa shape index (κ2) is 3.13. The number of Topliss-reactive ketones (excluding diaryl/α,β-unsaturated/α-hetero) is 2. The summed E-state index contributed by atoms with van der Waals surface area (Å²) < 4.78 is 0. The quantitative estimate of drug-likeness (QED) is 0.531. The van der Waals surface area contributed by atoms with Crippen LogP contribution in [0.1, 0.15) is 13.3 Å². The number of carbonyl (C=O) groups excluding carboxylic acids is 2. The summed E-state index contributed by atoms with van der Waals surface area (Å²) in [7, 11) is 1.97. The Labute approximate surface area is 66.4 Å². The largest absolute Gasteiger partial charge is 0.306 e. The molecular formula is C8H13NO2. The number of nitrogens with zero attached hydrogens (tertiary/aromatic N) is 1. The van der Waals surface area contributed by atoms with Gasteiger partial charge in [0, 0.05) is 19.4 Å². The molecular weight excluding hydrogens is 142 g/mol. The Kier molecular flexibility index (Phi) is 2.39. The minimum absolute atomic E-state index is 0.0301. The molecule has 62 valence electrons. The van der Waals surface area contributed by atoms with Gasteiger partial charge in [-0.25, -0.2) is 0 Å². The maximum absolute atomic E-state index is 11.1. The molecule has 1 fully saturated rings. The predicted octanol–water partition coefficient (Wildman–Crippen LogP) is 0.0962. The van der Waals surface area contributed by atoms with E-state index in [9.17, 15) is 9.59 Å². The highest BCUT2D eigenvalue weighted by Crippen LogP contribution is 2.15. The minimum Gasteiger partial charge on any atom is -0.306 e. The second-order valence-electron chi connectivity index (χ2n) is 3.17. The summed E-state index contributed by atoms with van der Waals surface area (Å²) in [6.45, 7) is 3.03. The van der Waals surface area contributed by atoms with Gasteiger partial charge in [-0.3, -0.25) is 9.59 Å². The molecule has 0 N–H and O–H groups in total. The van der Waals surface area contributed by atoms with E-state index in [-0.39, 0.29) is 17.5 Å². The predicted molar refractivity (Wildman–Crippen MR) is 41.3 cm³/mol. The average Bonchev–Trinajstić information content (AvgIpc) is 2.34. The fraction of sp³-hybridized carbons (Fsp3) is 0.750. The van der Waals surface area contributed by atoms with Crippen molar-refractivity contribution in [2.45, 2.75) is 13.3 Å². The van der Waals surface area contributed by atoms with Crippen molar-refractivity contribution < 1.29 is 9.59 Å². The molecule has 1 saturated heterocycles. The van der Waals surface area contributed by atoms with Crippen molar-refractivity contribution in [3.05, 3.63) is 0 Å². The molecule has 0 aromatic carbocycles. The standard InChI is InChI=1S/C8H13NO2/c1-6(10)8(11)7-3-4-9(2)5-7/h7H,3-5H2,1-2H3. The lowest BCUT2D eigenvalue weighted by Gasteiger charge is -2.06. The van der Waals surface area contributed by atoms with Crippen molar-refractivity contribution in [2.24, 2.45) is 5.92 Å². The molecule has 3 heteroatoms. The van der Waals surface area contributed by atoms with Crippen LogP contribution in [-0.4, -0.2) is 36.6 Å². The molecule has 0 bridgehead atoms. The van der Waals surface area contributed by atoms with E-state index in [0.29, 0.717) is 0 Å². The first-order chi connectivity index (χ1) is 5.11. The molecule has 0 aromatic rings. The van der Waals surface area contributed by atoms with Crippen LogP contribution in [0, 0.1) is 5.92 Å². The third-order valence-electron chi connectivity index (χ3n) is 2.11. The van der Waals surface area contributed by atoms with Crippen LogP contribution in [-0.2, 0) is 9.59 Å². The SMILES string of the molecule is CC(=O)C(=O)C1CCN(C)C1. The molecule has 1 unspecified atom stereocenters. The van der Waals surface area contributed by atoms with Crippen LogP contribution < -0.4 is 0 Å². The average molecular weight is 155 g/mol. The summed E-state index contributed by atoms with van der Waals surface area (Å²) in [6.07, 6.45) is 0.842. The van der Waals surface area contributed by atoms with Gasteiger partial charge >= 0.3 is 0 Å². The molecule has 1 aliphatic rings. The normalized spacial score (nSPS) is 25.5. The summed E-state index contributed by atoms with van der Waals surface area (Å²) in [6, 6.07) is 0. The Morgan fingerprint density at radius 3 is 2.45 bits per heavy atom. The van der Waals surface area contributed by atoms with E-state index >= 15 is 0 Å². The first kappa shape index (κ1) is 8.40. The van der Waals surface area contributed by atoms with E-state index in [1.807, 2.05) is 7.05 Å². The van der Waals surface area contributed by atoms with Crippen LogP contribution in [0.5, 0.6) is 0 Å². The molecule has 11 heavy (non-hydrogen) atoms. The molecule has 0 aromatic heterocycles. The van der Waals surface area contributed by atoms with Gasteiger partial charge in [-0.15, -0.1) is 0 Å². The van der Waals surface area contributed by atoms with Crippen LogP contribution >= 0.6 is 0 Å². The van der Waals surface area contributed by atoms with Crippen LogP contribution in [0.3, 0.4) is 0 Å². The summed E-state index contributed by atoms with van der Waals surface area (Å²) in [5.74, 6) is -0.530. The Bertz CT molecular complexity index is 189. The lowest BCUT2D eigenvalue weighted by atomic mass is 10.0. The molecule has 1 heterocycles. The van der Waals surface area contributed by atoms with Crippen LogP contribution in [0.15, 0.2) is 0 Å². The lowest BCUT2D eigenvalue weighted by Crippen LogP contribution is -2.24. The Morgan fingerprint density at radius 1 is 1.45 bits per heavy atom. The second-order valence-corrected chi connectivity index (χ2v) is 3.17. The number of hydrogen-bond acceptors (Lipinski definition) is 3. The van der Waals surface area contributed by atoms with Crippen molar-refractivity contribution in [1.82, 2.24) is 4.90 Å². The first-order valence-electron chi connectivity index (χ1n) is 3.84. The Hall–Kier alpha value is -0.700. The molecule has 1 aliphatic heterocycles. The zero-order valence-corrected chi connectivity index (χ0v) is 6.96. The number of likely N-dealkylation sites (tertiary alicyclic amines) is 1. The summed E-state index contributed by atoms with van der Waals surface area (Å²) >= 11 is 0. The van der Waals surface area contributed by atoms with Crippen molar-refractivity contribution in [1.29, 1.82) is 0 Å². The molecule has 0 radical (unpaired) electrons. The van der Waals surface area contributed by atoms with Gasteiger partial charge in [0.2, 0.25) is 5.78 Å². The maximum Gasteiger partial charge on any atom is 0.202 e. The number of ketones is 2. The van der Waals surface area contributed by atoms with Gasteiger partial charge in [0.25, 0.3) is 0 Å². The van der Waals surface area contributed by atoms with Gasteiger partial charge < -0.3 is 4.90 Å². The summed E-state index contributed by atoms with van der Waals surface area (Å²) in [5, 5.41) is 0. The van der Waals surface area contributed by atoms with E-state index in [4.69, 9.17) is 0 Å². The van der Waals surface area contributed by atoms with Gasteiger partial charge in [-0.05, 0) is 20.0 Å². The Morgan fingerprint density at radius 2 is 2.09 bits per heavy atom. The fourth-order valence-corrected chi connectivity index (χ4v) is 1.44. The number of rotatable bonds is 2. The smallest absolute Gasteiger partial charge is 0.202 e. The molecule has 0 amide bonds. The third kappa shape index (κ3) is 1.87. The van der Waals surface area contributed by atoms with Crippen molar-refractivity contribution >= 4 is 11.6 Å². The van der Waals surface area contributed by atoms with Crippen molar-refractivity contribution in [2.75, 3.05) is 20.1 Å². The number of carbonyl (C=O) groups is 2. The first-order valence-corrected chi connectivity index (χ1v) is 3.84. The molecule has 0 saturated carbocycles. The van der Waals surface area contributed by atoms with E-state index in [0.717, 1.165) is 19.5 Å². The minimum atomic E-state index is -0.301. The molecule has 3 nitrogen and oxygen atoms in total. The van der Waals surface area contributed by atoms with Crippen LogP contribution in [0.2, 0.25) is 0 Å². The highest BCUT2D eigenvalue weighted by molar-refractivity contribution is 6.37. The van der Waals surface area contributed by atoms with Gasteiger partial charge in [0.15, 0.2) is 5.78 Å². The van der Waals surface area contributed by atoms with Gasteiger partial charge in [-0.1, -0.05) is 0 Å². The monoisotopic (exact) mass is 155 g/mol. The Balaban J connectivity index is 2.50. The topological polar surface area (TPSA) is 37.4 Å². The third-order valence-corrected chi connectivity index (χ3v) is 2.11. The summed E-state index contributed by atoms with van der Waals surface area (Å²) in [4.78, 5) is 23.9. The van der Waals surface area contributed by atoms with Crippen LogP contribution in [0.25, 0.3) is 0 Å². The fourth-order valence-electron chi connectivity index (χ4n) is 1.44. The van der Waals surface area contributed by atoms with E-state index < -0.39 is 0 Å². The van der Waals surface area contributed by atoms with Crippen molar-refractivity contribution in [3.63, 3.8) is 0 Å². The van der Waals surface area contributed by atoms with Gasteiger partial charge in [0.05, 0.1) is 0 Å². The van der Waals surface area contributed by atoms with Gasteiger partial charge in [-0.2, -0.15) is 0 Å². The molecule has 0 aliphatic carbocycles. The summed E-state index contributed by atoms with van der Waals surface area (Å²) in [5.41, 5.74) is 0. The van der Waals surface area contributed by atoms with E-state index in [2.05, 4.69) is 4.90 Å². The van der Waals surface area contributed by atoms with Crippen molar-refractivity contribution in [3.8, 4) is 0 Å². The van der Waals surface area contributed by atoms with E-state index in [1.165, 1.54) is 6.92 Å². The number of hydrogen-bond donors (Lipinski definition) is 0. The highest BCUT2D eigenvalue weighted by atomic mass is 16.2. The zero-order valence-electron chi connectivity index (χ0n) is 6.96. The van der Waals surface area contributed by atoms with Gasteiger partial charge in [0.1, 0.15) is 0 Å². The van der Waals surface area contributed by atoms with Crippen LogP contribution in [0.4, 0.5) is 0 Å². The molecule has 1 rings (SSSR count). The van der Waals surface area contributed by atoms with E-state index in [1.54, 1.807) is 0 Å². The zero-order chi connectivity index (χ0) is 8.43.